The second kappa shape index (κ2) is 5.02. The maximum Gasteiger partial charge on any atom is 0.261 e. The van der Waals surface area contributed by atoms with Crippen molar-refractivity contribution < 1.29 is 9.52 Å². The fourth-order valence-corrected chi connectivity index (χ4v) is 1.48. The van der Waals surface area contributed by atoms with E-state index >= 15 is 0 Å². The van der Waals surface area contributed by atoms with E-state index in [1.807, 2.05) is 0 Å². The van der Waals surface area contributed by atoms with Crippen LogP contribution in [0.3, 0.4) is 0 Å². The van der Waals surface area contributed by atoms with Gasteiger partial charge in [-0.1, -0.05) is 12.0 Å². The maximum absolute atomic E-state index is 11.9. The van der Waals surface area contributed by atoms with Gasteiger partial charge in [-0.3, -0.25) is 4.79 Å². The molecule has 1 heterocycles. The molecule has 0 aliphatic heterocycles. The molecule has 1 N–H and O–H groups in total. The summed E-state index contributed by atoms with van der Waals surface area (Å²) in [4.78, 5) is 11.9. The molecule has 2 aromatic rings. The van der Waals surface area contributed by atoms with Crippen molar-refractivity contribution in [3.8, 4) is 12.3 Å². The van der Waals surface area contributed by atoms with Crippen LogP contribution >= 0.6 is 0 Å². The van der Waals surface area contributed by atoms with Gasteiger partial charge in [-0.25, -0.2) is 0 Å². The lowest BCUT2D eigenvalue weighted by Gasteiger charge is -2.05. The number of hydrogen-bond acceptors (Lipinski definition) is 2. The fraction of sp³-hybridized carbons (Fsp3) is 0. The van der Waals surface area contributed by atoms with Gasteiger partial charge < -0.3 is 10.5 Å². The molecule has 0 radical (unpaired) electrons. The zero-order valence-corrected chi connectivity index (χ0v) is 9.46. The molecule has 88 valence electrons. The van der Waals surface area contributed by atoms with Crippen LogP contribution in [-0.4, -0.2) is 5.91 Å². The molecule has 0 atom stereocenters. The lowest BCUT2D eigenvalue weighted by molar-refractivity contribution is -0.605. The van der Waals surface area contributed by atoms with Crippen molar-refractivity contribution >= 4 is 11.6 Å². The van der Waals surface area contributed by atoms with E-state index in [-0.39, 0.29) is 5.91 Å². The van der Waals surface area contributed by atoms with Crippen LogP contribution in [0.15, 0.2) is 48.8 Å². The lowest BCUT2D eigenvalue weighted by Crippen LogP contribution is -2.27. The number of benzene rings is 1. The number of nitrogens with one attached hydrogen (secondary N) is 1. The van der Waals surface area contributed by atoms with E-state index in [0.29, 0.717) is 21.5 Å². The van der Waals surface area contributed by atoms with E-state index in [9.17, 15) is 10.0 Å². The van der Waals surface area contributed by atoms with Crippen molar-refractivity contribution in [2.45, 2.75) is 0 Å². The first-order valence-corrected chi connectivity index (χ1v) is 5.26. The predicted octanol–water partition coefficient (Wildman–Crippen LogP) is 1.55. The quantitative estimate of drug-likeness (QED) is 0.490. The Kier molecular flexibility index (Phi) is 3.26. The third-order valence-electron chi connectivity index (χ3n) is 2.32. The van der Waals surface area contributed by atoms with Gasteiger partial charge >= 0.3 is 0 Å². The van der Waals surface area contributed by atoms with Gasteiger partial charge in [0.1, 0.15) is 5.56 Å². The average molecular weight is 238 g/mol. The number of carbonyl (C=O) groups is 1. The Labute approximate surface area is 104 Å². The highest BCUT2D eigenvalue weighted by atomic mass is 16.5. The van der Waals surface area contributed by atoms with Crippen LogP contribution < -0.4 is 10.0 Å². The number of carbonyl (C=O) groups excluding carboxylic acids is 1. The highest BCUT2D eigenvalue weighted by molar-refractivity contribution is 6.03. The van der Waals surface area contributed by atoms with Gasteiger partial charge in [-0.05, 0) is 24.3 Å². The summed E-state index contributed by atoms with van der Waals surface area (Å²) >= 11 is 0. The third kappa shape index (κ3) is 2.66. The summed E-state index contributed by atoms with van der Waals surface area (Å²) in [5.74, 6) is 2.13. The maximum atomic E-state index is 11.9. The minimum absolute atomic E-state index is 0.290. The summed E-state index contributed by atoms with van der Waals surface area (Å²) in [7, 11) is 0. The van der Waals surface area contributed by atoms with Gasteiger partial charge in [0.05, 0.1) is 0 Å². The smallest absolute Gasteiger partial charge is 0.261 e. The number of nitrogens with zero attached hydrogens (tertiary/aromatic N) is 1. The Bertz CT molecular complexity index is 630. The van der Waals surface area contributed by atoms with Crippen LogP contribution in [-0.2, 0) is 0 Å². The van der Waals surface area contributed by atoms with Crippen molar-refractivity contribution in [2.75, 3.05) is 5.32 Å². The van der Waals surface area contributed by atoms with Crippen LogP contribution in [0.2, 0.25) is 0 Å². The van der Waals surface area contributed by atoms with Gasteiger partial charge in [0.2, 0.25) is 0 Å². The second-order valence-electron chi connectivity index (χ2n) is 3.63. The van der Waals surface area contributed by atoms with Crippen molar-refractivity contribution in [2.24, 2.45) is 0 Å². The predicted molar refractivity (Wildman–Crippen MR) is 67.7 cm³/mol. The van der Waals surface area contributed by atoms with E-state index in [1.54, 1.807) is 30.3 Å². The normalized spacial score (nSPS) is 9.50. The molecule has 0 aliphatic rings. The van der Waals surface area contributed by atoms with E-state index in [0.717, 1.165) is 0 Å². The molecule has 1 aromatic carbocycles. The van der Waals surface area contributed by atoms with Crippen molar-refractivity contribution in [1.82, 2.24) is 0 Å². The summed E-state index contributed by atoms with van der Waals surface area (Å²) in [6, 6.07) is 10.0. The molecule has 1 aromatic heterocycles. The van der Waals surface area contributed by atoms with Crippen LogP contribution in [0.5, 0.6) is 0 Å². The van der Waals surface area contributed by atoms with Gasteiger partial charge in [0.25, 0.3) is 5.91 Å². The number of rotatable bonds is 2. The minimum Gasteiger partial charge on any atom is -0.619 e. The number of hydrogen-bond donors (Lipinski definition) is 1. The van der Waals surface area contributed by atoms with Crippen molar-refractivity contribution in [3.63, 3.8) is 0 Å². The fourth-order valence-electron chi connectivity index (χ4n) is 1.48. The van der Waals surface area contributed by atoms with Crippen LogP contribution in [0.25, 0.3) is 0 Å². The summed E-state index contributed by atoms with van der Waals surface area (Å²) in [5.41, 5.74) is 1.56. The highest BCUT2D eigenvalue weighted by Gasteiger charge is 2.08. The molecule has 0 aliphatic carbocycles. The van der Waals surface area contributed by atoms with Crippen LogP contribution in [0.4, 0.5) is 5.69 Å². The third-order valence-corrected chi connectivity index (χ3v) is 2.32. The molecule has 0 fully saturated rings. The molecule has 4 nitrogen and oxygen atoms in total. The zero-order valence-electron chi connectivity index (χ0n) is 9.46. The van der Waals surface area contributed by atoms with Gasteiger partial charge in [-0.2, -0.15) is 4.73 Å². The monoisotopic (exact) mass is 238 g/mol. The molecule has 0 saturated heterocycles. The number of amides is 1. The molecule has 4 heteroatoms. The zero-order chi connectivity index (χ0) is 13.0. The van der Waals surface area contributed by atoms with Crippen molar-refractivity contribution in [3.05, 3.63) is 65.1 Å². The molecular weight excluding hydrogens is 228 g/mol. The summed E-state index contributed by atoms with van der Waals surface area (Å²) in [6.45, 7) is 0. The number of pyridine rings is 1. The number of aromatic nitrogens is 1. The minimum atomic E-state index is -0.352. The van der Waals surface area contributed by atoms with Gasteiger partial charge in [-0.15, -0.1) is 6.42 Å². The van der Waals surface area contributed by atoms with Crippen LogP contribution in [0, 0.1) is 17.6 Å². The largest absolute Gasteiger partial charge is 0.619 e. The molecule has 1 amide bonds. The summed E-state index contributed by atoms with van der Waals surface area (Å²) < 4.78 is 0.576. The Balaban J connectivity index is 2.19. The Morgan fingerprint density at radius 1 is 1.33 bits per heavy atom. The highest BCUT2D eigenvalue weighted by Crippen LogP contribution is 2.11. The molecule has 0 saturated carbocycles. The summed E-state index contributed by atoms with van der Waals surface area (Å²) in [6.07, 6.45) is 7.80. The first kappa shape index (κ1) is 11.7. The Morgan fingerprint density at radius 2 is 2.17 bits per heavy atom. The molecule has 0 bridgehead atoms. The first-order valence-electron chi connectivity index (χ1n) is 5.26. The first-order chi connectivity index (χ1) is 8.69. The Morgan fingerprint density at radius 3 is 2.89 bits per heavy atom. The Hall–Kier alpha value is -2.80. The summed E-state index contributed by atoms with van der Waals surface area (Å²) in [5, 5.41) is 13.7. The van der Waals surface area contributed by atoms with E-state index in [1.165, 1.54) is 18.5 Å². The van der Waals surface area contributed by atoms with Gasteiger partial charge in [0.15, 0.2) is 12.4 Å². The van der Waals surface area contributed by atoms with E-state index in [2.05, 4.69) is 11.2 Å². The topological polar surface area (TPSA) is 56.0 Å². The van der Waals surface area contributed by atoms with Crippen LogP contribution in [0.1, 0.15) is 15.9 Å². The molecule has 2 rings (SSSR count). The number of anilines is 1. The molecule has 0 spiro atoms. The molecule has 18 heavy (non-hydrogen) atoms. The molecule has 0 unspecified atom stereocenters. The second-order valence-corrected chi connectivity index (χ2v) is 3.63. The standard InChI is InChI=1S/C14H10N2O2/c1-2-11-5-3-7-13(9-11)15-14(17)12-6-4-8-16(18)10-12/h1,3-10H,(H,15,17). The number of terminal acetylenes is 1. The SMILES string of the molecule is C#Cc1cccc(NC(=O)c2ccc[n+]([O-])c2)c1. The lowest BCUT2D eigenvalue weighted by atomic mass is 10.2. The van der Waals surface area contributed by atoms with E-state index in [4.69, 9.17) is 6.42 Å². The van der Waals surface area contributed by atoms with E-state index < -0.39 is 0 Å². The van der Waals surface area contributed by atoms with Gasteiger partial charge in [0, 0.05) is 17.3 Å². The van der Waals surface area contributed by atoms with Crippen molar-refractivity contribution in [1.29, 1.82) is 0 Å². The molecular formula is C14H10N2O2. The average Bonchev–Trinajstić information content (AvgIpc) is 2.39.